The minimum absolute atomic E-state index is 0.359. The molecule has 0 amide bonds. The fraction of sp³-hybridized carbons (Fsp3) is 0.929. The van der Waals surface area contributed by atoms with Crippen molar-refractivity contribution in [3.8, 4) is 0 Å². The molecule has 1 aliphatic heterocycles. The molecule has 1 saturated carbocycles. The molecule has 2 fully saturated rings. The van der Waals surface area contributed by atoms with Crippen molar-refractivity contribution in [1.82, 2.24) is 14.7 Å². The topological polar surface area (TPSA) is 59.6 Å². The van der Waals surface area contributed by atoms with E-state index in [0.717, 1.165) is 19.5 Å². The summed E-state index contributed by atoms with van der Waals surface area (Å²) in [6.07, 6.45) is 3.31. The summed E-state index contributed by atoms with van der Waals surface area (Å²) in [4.78, 5) is 7.38. The molecule has 1 aliphatic carbocycles. The summed E-state index contributed by atoms with van der Waals surface area (Å²) in [7, 11) is 4.27. The van der Waals surface area contributed by atoms with E-state index in [9.17, 15) is 0 Å². The van der Waals surface area contributed by atoms with Gasteiger partial charge in [0.15, 0.2) is 0 Å². The molecule has 1 saturated heterocycles. The number of likely N-dealkylation sites (N-methyl/N-ethyl adjacent to an activating group) is 1. The maximum absolute atomic E-state index is 7.48. The third kappa shape index (κ3) is 4.75. The summed E-state index contributed by atoms with van der Waals surface area (Å²) in [5.41, 5.74) is 5.92. The van der Waals surface area contributed by atoms with Crippen LogP contribution in [-0.4, -0.2) is 80.4 Å². The molecule has 0 radical (unpaired) electrons. The molecule has 0 bridgehead atoms. The normalized spacial score (nSPS) is 23.7. The number of rotatable bonds is 7. The predicted molar refractivity (Wildman–Crippen MR) is 79.6 cm³/mol. The summed E-state index contributed by atoms with van der Waals surface area (Å²) < 4.78 is 0. The molecular weight excluding hydrogens is 238 g/mol. The molecule has 19 heavy (non-hydrogen) atoms. The highest BCUT2D eigenvalue weighted by atomic mass is 15.3. The first-order valence-electron chi connectivity index (χ1n) is 7.41. The lowest BCUT2D eigenvalue weighted by Crippen LogP contribution is -2.49. The molecule has 110 valence electrons. The highest BCUT2D eigenvalue weighted by Crippen LogP contribution is 2.49. The minimum Gasteiger partial charge on any atom is -0.388 e. The first kappa shape index (κ1) is 14.8. The number of hydrogen-bond acceptors (Lipinski definition) is 4. The van der Waals surface area contributed by atoms with Gasteiger partial charge in [0.2, 0.25) is 0 Å². The average Bonchev–Trinajstić information content (AvgIpc) is 3.06. The van der Waals surface area contributed by atoms with Crippen molar-refractivity contribution in [2.45, 2.75) is 19.3 Å². The quantitative estimate of drug-likeness (QED) is 0.513. The Bertz CT molecular complexity index is 303. The third-order valence-electron chi connectivity index (χ3n) is 4.41. The molecule has 0 spiro atoms. The smallest absolute Gasteiger partial charge is 0.0911 e. The summed E-state index contributed by atoms with van der Waals surface area (Å²) >= 11 is 0. The largest absolute Gasteiger partial charge is 0.388 e. The van der Waals surface area contributed by atoms with Crippen LogP contribution >= 0.6 is 0 Å². The van der Waals surface area contributed by atoms with E-state index in [0.29, 0.717) is 11.3 Å². The Kier molecular flexibility index (Phi) is 4.81. The van der Waals surface area contributed by atoms with Crippen molar-refractivity contribution < 1.29 is 0 Å². The van der Waals surface area contributed by atoms with E-state index in [-0.39, 0.29) is 0 Å². The van der Waals surface area contributed by atoms with Gasteiger partial charge in [0, 0.05) is 52.2 Å². The maximum Gasteiger partial charge on any atom is 0.0911 e. The van der Waals surface area contributed by atoms with Gasteiger partial charge < -0.3 is 15.5 Å². The van der Waals surface area contributed by atoms with Gasteiger partial charge in [0.25, 0.3) is 0 Å². The van der Waals surface area contributed by atoms with Gasteiger partial charge in [-0.1, -0.05) is 0 Å². The van der Waals surface area contributed by atoms with E-state index < -0.39 is 0 Å². The van der Waals surface area contributed by atoms with E-state index in [1.807, 2.05) is 0 Å². The fourth-order valence-corrected chi connectivity index (χ4v) is 2.96. The van der Waals surface area contributed by atoms with Gasteiger partial charge >= 0.3 is 0 Å². The number of hydrogen-bond donors (Lipinski definition) is 2. The monoisotopic (exact) mass is 267 g/mol. The molecule has 0 aromatic heterocycles. The minimum atomic E-state index is 0.359. The number of nitrogens with two attached hydrogens (primary N) is 1. The molecule has 0 aromatic carbocycles. The lowest BCUT2D eigenvalue weighted by molar-refractivity contribution is 0.109. The van der Waals surface area contributed by atoms with Crippen LogP contribution < -0.4 is 5.73 Å². The van der Waals surface area contributed by atoms with Crippen LogP contribution in [0.3, 0.4) is 0 Å². The molecule has 0 unspecified atom stereocenters. The van der Waals surface area contributed by atoms with E-state index in [1.54, 1.807) is 0 Å². The molecule has 2 rings (SSSR count). The van der Waals surface area contributed by atoms with Gasteiger partial charge in [0.05, 0.1) is 5.84 Å². The molecule has 0 atom stereocenters. The Morgan fingerprint density at radius 2 is 1.74 bits per heavy atom. The maximum atomic E-state index is 7.48. The molecule has 0 aromatic rings. The van der Waals surface area contributed by atoms with E-state index in [2.05, 4.69) is 28.8 Å². The zero-order valence-corrected chi connectivity index (χ0v) is 12.5. The SMILES string of the molecule is CN(C)CCN1CCN(CC2(CC(=N)N)CC2)CC1. The molecule has 2 aliphatic rings. The molecular formula is C14H29N5. The van der Waals surface area contributed by atoms with E-state index >= 15 is 0 Å². The van der Waals surface area contributed by atoms with Crippen LogP contribution in [0.15, 0.2) is 0 Å². The van der Waals surface area contributed by atoms with Crippen molar-refractivity contribution in [3.05, 3.63) is 0 Å². The molecule has 5 nitrogen and oxygen atoms in total. The lowest BCUT2D eigenvalue weighted by atomic mass is 10.0. The van der Waals surface area contributed by atoms with Crippen LogP contribution in [-0.2, 0) is 0 Å². The Balaban J connectivity index is 1.67. The first-order chi connectivity index (χ1) is 8.99. The Morgan fingerprint density at radius 3 is 2.21 bits per heavy atom. The standard InChI is InChI=1S/C14H29N5/c1-17(2)5-6-18-7-9-19(10-8-18)12-14(3-4-14)11-13(15)16/h3-12H2,1-2H3,(H3,15,16). The van der Waals surface area contributed by atoms with Crippen LogP contribution in [0.1, 0.15) is 19.3 Å². The third-order valence-corrected chi connectivity index (χ3v) is 4.41. The van der Waals surface area contributed by atoms with Gasteiger partial charge in [-0.2, -0.15) is 0 Å². The highest BCUT2D eigenvalue weighted by Gasteiger charge is 2.44. The van der Waals surface area contributed by atoms with Gasteiger partial charge in [-0.05, 0) is 32.4 Å². The predicted octanol–water partition coefficient (Wildman–Crippen LogP) is 0.272. The zero-order valence-electron chi connectivity index (χ0n) is 12.5. The van der Waals surface area contributed by atoms with Crippen molar-refractivity contribution in [2.75, 3.05) is 59.9 Å². The van der Waals surface area contributed by atoms with Crippen LogP contribution in [0.2, 0.25) is 0 Å². The van der Waals surface area contributed by atoms with Crippen LogP contribution in [0, 0.1) is 10.8 Å². The zero-order chi connectivity index (χ0) is 13.9. The molecule has 3 N–H and O–H groups in total. The van der Waals surface area contributed by atoms with Crippen molar-refractivity contribution >= 4 is 5.84 Å². The number of piperazine rings is 1. The van der Waals surface area contributed by atoms with Crippen LogP contribution in [0.5, 0.6) is 0 Å². The van der Waals surface area contributed by atoms with E-state index in [1.165, 1.54) is 45.6 Å². The number of amidine groups is 1. The van der Waals surface area contributed by atoms with Crippen LogP contribution in [0.25, 0.3) is 0 Å². The second-order valence-electron chi connectivity index (χ2n) is 6.62. The van der Waals surface area contributed by atoms with E-state index in [4.69, 9.17) is 11.1 Å². The average molecular weight is 267 g/mol. The second kappa shape index (κ2) is 6.20. The van der Waals surface area contributed by atoms with Gasteiger partial charge in [0.1, 0.15) is 0 Å². The summed E-state index contributed by atoms with van der Waals surface area (Å²) in [6.45, 7) is 8.19. The van der Waals surface area contributed by atoms with Gasteiger partial charge in [-0.15, -0.1) is 0 Å². The lowest BCUT2D eigenvalue weighted by Gasteiger charge is -2.37. The summed E-state index contributed by atoms with van der Waals surface area (Å²) in [5.74, 6) is 0.363. The van der Waals surface area contributed by atoms with Gasteiger partial charge in [-0.25, -0.2) is 0 Å². The summed E-state index contributed by atoms with van der Waals surface area (Å²) in [6, 6.07) is 0. The number of nitrogens with one attached hydrogen (secondary N) is 1. The Morgan fingerprint density at radius 1 is 1.16 bits per heavy atom. The van der Waals surface area contributed by atoms with Crippen molar-refractivity contribution in [1.29, 1.82) is 5.41 Å². The summed E-state index contributed by atoms with van der Waals surface area (Å²) in [5, 5.41) is 7.48. The van der Waals surface area contributed by atoms with Crippen LogP contribution in [0.4, 0.5) is 0 Å². The van der Waals surface area contributed by atoms with Gasteiger partial charge in [-0.3, -0.25) is 10.3 Å². The Labute approximate surface area is 117 Å². The second-order valence-corrected chi connectivity index (χ2v) is 6.62. The highest BCUT2D eigenvalue weighted by molar-refractivity contribution is 5.78. The van der Waals surface area contributed by atoms with Crippen molar-refractivity contribution in [2.24, 2.45) is 11.1 Å². The molecule has 1 heterocycles. The first-order valence-corrected chi connectivity index (χ1v) is 7.41. The Hall–Kier alpha value is -0.650. The van der Waals surface area contributed by atoms with Crippen molar-refractivity contribution in [3.63, 3.8) is 0 Å². The molecule has 5 heteroatoms. The fourth-order valence-electron chi connectivity index (χ4n) is 2.96. The number of nitrogens with zero attached hydrogens (tertiary/aromatic N) is 3.